The van der Waals surface area contributed by atoms with Gasteiger partial charge in [0.1, 0.15) is 5.75 Å². The fourth-order valence-electron chi connectivity index (χ4n) is 2.06. The minimum Gasteiger partial charge on any atom is -0.406 e. The van der Waals surface area contributed by atoms with Gasteiger partial charge in [0, 0.05) is 24.6 Å². The van der Waals surface area contributed by atoms with Crippen LogP contribution in [0.4, 0.5) is 18.9 Å². The fourth-order valence-corrected chi connectivity index (χ4v) is 2.06. The highest BCUT2D eigenvalue weighted by atomic mass is 19.4. The molecule has 0 saturated carbocycles. The van der Waals surface area contributed by atoms with Crippen LogP contribution in [0.25, 0.3) is 0 Å². The Labute approximate surface area is 103 Å². The predicted octanol–water partition coefficient (Wildman–Crippen LogP) is 1.72. The first-order valence-electron chi connectivity index (χ1n) is 5.97. The number of nitrogens with one attached hydrogen (secondary N) is 1. The molecule has 0 bridgehead atoms. The lowest BCUT2D eigenvalue weighted by molar-refractivity contribution is -0.662. The summed E-state index contributed by atoms with van der Waals surface area (Å²) in [5.74, 6) is -0.190. The van der Waals surface area contributed by atoms with Crippen molar-refractivity contribution in [3.8, 4) is 5.75 Å². The fraction of sp³-hybridized carbons (Fsp3) is 0.500. The van der Waals surface area contributed by atoms with E-state index in [1.54, 1.807) is 12.1 Å². The van der Waals surface area contributed by atoms with Gasteiger partial charge in [-0.15, -0.1) is 13.2 Å². The van der Waals surface area contributed by atoms with Crippen molar-refractivity contribution in [2.45, 2.75) is 25.2 Å². The summed E-state index contributed by atoms with van der Waals surface area (Å²) in [5, 5.41) is 5.58. The Bertz CT molecular complexity index is 372. The molecule has 0 aliphatic carbocycles. The maximum absolute atomic E-state index is 12.0. The average Bonchev–Trinajstić information content (AvgIpc) is 2.31. The Hall–Kier alpha value is -1.43. The molecular weight excluding hydrogens is 245 g/mol. The summed E-state index contributed by atoms with van der Waals surface area (Å²) in [6.45, 7) is 2.18. The van der Waals surface area contributed by atoms with Crippen molar-refractivity contribution < 1.29 is 23.2 Å². The van der Waals surface area contributed by atoms with Gasteiger partial charge in [-0.3, -0.25) is 0 Å². The third-order valence-electron chi connectivity index (χ3n) is 2.90. The highest BCUT2D eigenvalue weighted by molar-refractivity contribution is 5.47. The number of nitrogens with two attached hydrogens (primary N) is 1. The van der Waals surface area contributed by atoms with Gasteiger partial charge in [0.25, 0.3) is 0 Å². The van der Waals surface area contributed by atoms with Gasteiger partial charge in [-0.1, -0.05) is 0 Å². The van der Waals surface area contributed by atoms with Crippen LogP contribution in [0.15, 0.2) is 24.3 Å². The number of hydrogen-bond donors (Lipinski definition) is 2. The van der Waals surface area contributed by atoms with E-state index in [-0.39, 0.29) is 5.75 Å². The minimum absolute atomic E-state index is 0.190. The molecule has 0 aromatic heterocycles. The van der Waals surface area contributed by atoms with Crippen LogP contribution in [-0.4, -0.2) is 25.5 Å². The largest absolute Gasteiger partial charge is 0.573 e. The van der Waals surface area contributed by atoms with E-state index < -0.39 is 6.36 Å². The lowest BCUT2D eigenvalue weighted by atomic mass is 10.1. The Morgan fingerprint density at radius 1 is 1.11 bits per heavy atom. The monoisotopic (exact) mass is 261 g/mol. The van der Waals surface area contributed by atoms with Crippen LogP contribution in [0.2, 0.25) is 0 Å². The van der Waals surface area contributed by atoms with Crippen molar-refractivity contribution in [1.82, 2.24) is 0 Å². The molecule has 3 nitrogen and oxygen atoms in total. The van der Waals surface area contributed by atoms with Gasteiger partial charge in [0.15, 0.2) is 0 Å². The van der Waals surface area contributed by atoms with Crippen molar-refractivity contribution in [2.24, 2.45) is 0 Å². The van der Waals surface area contributed by atoms with Crippen molar-refractivity contribution in [3.05, 3.63) is 24.3 Å². The summed E-state index contributed by atoms with van der Waals surface area (Å²) < 4.78 is 39.7. The third-order valence-corrected chi connectivity index (χ3v) is 2.90. The number of piperidine rings is 1. The second-order valence-electron chi connectivity index (χ2n) is 4.36. The zero-order chi connectivity index (χ0) is 13.0. The zero-order valence-corrected chi connectivity index (χ0v) is 9.83. The van der Waals surface area contributed by atoms with Gasteiger partial charge < -0.3 is 15.4 Å². The third kappa shape index (κ3) is 4.10. The van der Waals surface area contributed by atoms with Gasteiger partial charge in [-0.2, -0.15) is 0 Å². The first kappa shape index (κ1) is 13.0. The van der Waals surface area contributed by atoms with Crippen LogP contribution in [-0.2, 0) is 0 Å². The first-order valence-corrected chi connectivity index (χ1v) is 5.97. The molecule has 0 atom stereocenters. The van der Waals surface area contributed by atoms with E-state index in [0.29, 0.717) is 6.04 Å². The van der Waals surface area contributed by atoms with Crippen LogP contribution in [0.3, 0.4) is 0 Å². The maximum Gasteiger partial charge on any atom is 0.573 e. The molecule has 1 aromatic carbocycles. The number of benzene rings is 1. The molecule has 1 fully saturated rings. The van der Waals surface area contributed by atoms with Crippen molar-refractivity contribution >= 4 is 5.69 Å². The predicted molar refractivity (Wildman–Crippen MR) is 61.4 cm³/mol. The first-order chi connectivity index (χ1) is 8.53. The standard InChI is InChI=1S/C12H15F3N2O/c13-12(14,15)18-11-3-1-9(2-4-11)17-10-5-7-16-8-6-10/h1-4,10,16-17H,5-8H2/p+1. The van der Waals surface area contributed by atoms with Crippen LogP contribution in [0.1, 0.15) is 12.8 Å². The Balaban J connectivity index is 1.90. The van der Waals surface area contributed by atoms with Crippen molar-refractivity contribution in [1.29, 1.82) is 0 Å². The molecule has 1 heterocycles. The normalized spacial score (nSPS) is 17.5. The van der Waals surface area contributed by atoms with Gasteiger partial charge in [0.2, 0.25) is 0 Å². The number of quaternary nitrogens is 1. The molecule has 0 radical (unpaired) electrons. The number of anilines is 1. The summed E-state index contributed by atoms with van der Waals surface area (Å²) in [6, 6.07) is 6.28. The van der Waals surface area contributed by atoms with Crippen LogP contribution in [0.5, 0.6) is 5.75 Å². The maximum atomic E-state index is 12.0. The quantitative estimate of drug-likeness (QED) is 0.869. The summed E-state index contributed by atoms with van der Waals surface area (Å²) in [4.78, 5) is 0. The van der Waals surface area contributed by atoms with Crippen LogP contribution in [0, 0.1) is 0 Å². The number of alkyl halides is 3. The van der Waals surface area contributed by atoms with E-state index in [4.69, 9.17) is 0 Å². The van der Waals surface area contributed by atoms with Gasteiger partial charge in [-0.05, 0) is 24.3 Å². The molecule has 3 N–H and O–H groups in total. The van der Waals surface area contributed by atoms with Gasteiger partial charge in [-0.25, -0.2) is 0 Å². The van der Waals surface area contributed by atoms with Crippen LogP contribution >= 0.6 is 0 Å². The summed E-state index contributed by atoms with van der Waals surface area (Å²) in [6.07, 6.45) is -2.49. The minimum atomic E-state index is -4.63. The molecule has 6 heteroatoms. The van der Waals surface area contributed by atoms with Gasteiger partial charge in [0.05, 0.1) is 13.1 Å². The topological polar surface area (TPSA) is 37.9 Å². The average molecular weight is 261 g/mol. The summed E-state index contributed by atoms with van der Waals surface area (Å²) in [5.41, 5.74) is 0.830. The molecule has 2 rings (SSSR count). The second-order valence-corrected chi connectivity index (χ2v) is 4.36. The number of ether oxygens (including phenoxy) is 1. The van der Waals surface area contributed by atoms with Gasteiger partial charge >= 0.3 is 6.36 Å². The Morgan fingerprint density at radius 3 is 2.28 bits per heavy atom. The van der Waals surface area contributed by atoms with Crippen LogP contribution < -0.4 is 15.4 Å². The lowest BCUT2D eigenvalue weighted by Crippen LogP contribution is -2.87. The smallest absolute Gasteiger partial charge is 0.406 e. The van der Waals surface area contributed by atoms with E-state index in [2.05, 4.69) is 15.4 Å². The molecule has 0 spiro atoms. The van der Waals surface area contributed by atoms with E-state index >= 15 is 0 Å². The summed E-state index contributed by atoms with van der Waals surface area (Å²) in [7, 11) is 0. The molecule has 1 aliphatic heterocycles. The molecule has 0 unspecified atom stereocenters. The van der Waals surface area contributed by atoms with Crippen molar-refractivity contribution in [2.75, 3.05) is 18.4 Å². The zero-order valence-electron chi connectivity index (χ0n) is 9.83. The van der Waals surface area contributed by atoms with E-state index in [0.717, 1.165) is 31.6 Å². The molecule has 100 valence electrons. The lowest BCUT2D eigenvalue weighted by Gasteiger charge is -2.22. The number of halogens is 3. The molecule has 1 saturated heterocycles. The second kappa shape index (κ2) is 5.48. The highest BCUT2D eigenvalue weighted by Crippen LogP contribution is 2.24. The highest BCUT2D eigenvalue weighted by Gasteiger charge is 2.30. The number of hydrogen-bond acceptors (Lipinski definition) is 2. The Morgan fingerprint density at radius 2 is 1.72 bits per heavy atom. The summed E-state index contributed by atoms with van der Waals surface area (Å²) >= 11 is 0. The van der Waals surface area contributed by atoms with E-state index in [1.165, 1.54) is 12.1 Å². The van der Waals surface area contributed by atoms with Crippen molar-refractivity contribution in [3.63, 3.8) is 0 Å². The van der Waals surface area contributed by atoms with E-state index in [1.807, 2.05) is 0 Å². The van der Waals surface area contributed by atoms with E-state index in [9.17, 15) is 13.2 Å². The number of rotatable bonds is 3. The SMILES string of the molecule is FC(F)(F)Oc1ccc(NC2CC[NH2+]CC2)cc1. The molecule has 1 aromatic rings. The molecule has 1 aliphatic rings. The Kier molecular flexibility index (Phi) is 3.96. The molecule has 18 heavy (non-hydrogen) atoms. The molecule has 0 amide bonds. The molecular formula is C12H16F3N2O+.